The van der Waals surface area contributed by atoms with Crippen LogP contribution < -0.4 is 0 Å². The monoisotopic (exact) mass is 458 g/mol. The van der Waals surface area contributed by atoms with E-state index < -0.39 is 0 Å². The molecule has 8 heteroatoms. The SMILES string of the molecule is CN(CCCc1cc(-c2ccccc2)no1)Cc1nc(-c2cc(Br)cs2)no1. The highest BCUT2D eigenvalue weighted by atomic mass is 79.9. The largest absolute Gasteiger partial charge is 0.361 e. The Morgan fingerprint density at radius 3 is 2.75 bits per heavy atom. The number of aryl methyl sites for hydroxylation is 1. The lowest BCUT2D eigenvalue weighted by molar-refractivity contribution is 0.261. The molecule has 28 heavy (non-hydrogen) atoms. The highest BCUT2D eigenvalue weighted by molar-refractivity contribution is 9.10. The molecule has 0 unspecified atom stereocenters. The molecule has 0 saturated carbocycles. The molecule has 0 bridgehead atoms. The Bertz CT molecular complexity index is 1030. The third-order valence-electron chi connectivity index (χ3n) is 4.25. The van der Waals surface area contributed by atoms with E-state index in [-0.39, 0.29) is 0 Å². The van der Waals surface area contributed by atoms with Crippen LogP contribution in [0.15, 0.2) is 61.4 Å². The number of nitrogens with zero attached hydrogens (tertiary/aromatic N) is 4. The molecular weight excluding hydrogens is 440 g/mol. The fraction of sp³-hybridized carbons (Fsp3) is 0.250. The smallest absolute Gasteiger partial charge is 0.241 e. The second kappa shape index (κ2) is 8.81. The molecule has 4 rings (SSSR count). The molecule has 0 aliphatic rings. The molecular formula is C20H19BrN4O2S. The summed E-state index contributed by atoms with van der Waals surface area (Å²) >= 11 is 5.03. The molecule has 0 fully saturated rings. The van der Waals surface area contributed by atoms with E-state index in [2.05, 4.69) is 36.1 Å². The highest BCUT2D eigenvalue weighted by Gasteiger charge is 2.13. The number of rotatable bonds is 8. The second-order valence-corrected chi connectivity index (χ2v) is 8.35. The van der Waals surface area contributed by atoms with E-state index in [9.17, 15) is 0 Å². The van der Waals surface area contributed by atoms with Crippen molar-refractivity contribution in [3.8, 4) is 22.0 Å². The summed E-state index contributed by atoms with van der Waals surface area (Å²) in [6.07, 6.45) is 1.79. The van der Waals surface area contributed by atoms with Crippen molar-refractivity contribution in [2.75, 3.05) is 13.6 Å². The molecule has 0 saturated heterocycles. The van der Waals surface area contributed by atoms with Crippen LogP contribution in [0.5, 0.6) is 0 Å². The maximum atomic E-state index is 5.46. The van der Waals surface area contributed by atoms with Crippen molar-refractivity contribution in [2.45, 2.75) is 19.4 Å². The maximum Gasteiger partial charge on any atom is 0.241 e. The van der Waals surface area contributed by atoms with E-state index in [1.165, 1.54) is 0 Å². The first-order chi connectivity index (χ1) is 13.7. The number of hydrogen-bond donors (Lipinski definition) is 0. The van der Waals surface area contributed by atoms with E-state index >= 15 is 0 Å². The summed E-state index contributed by atoms with van der Waals surface area (Å²) in [6, 6.07) is 14.1. The van der Waals surface area contributed by atoms with Crippen LogP contribution in [0.2, 0.25) is 0 Å². The van der Waals surface area contributed by atoms with Crippen LogP contribution in [-0.2, 0) is 13.0 Å². The predicted molar refractivity (Wildman–Crippen MR) is 112 cm³/mol. The van der Waals surface area contributed by atoms with Gasteiger partial charge in [0.1, 0.15) is 11.5 Å². The number of hydrogen-bond acceptors (Lipinski definition) is 7. The van der Waals surface area contributed by atoms with Crippen molar-refractivity contribution in [2.24, 2.45) is 0 Å². The number of aromatic nitrogens is 3. The fourth-order valence-electron chi connectivity index (χ4n) is 2.86. The normalized spacial score (nSPS) is 11.4. The van der Waals surface area contributed by atoms with Crippen molar-refractivity contribution in [3.63, 3.8) is 0 Å². The van der Waals surface area contributed by atoms with E-state index in [1.807, 2.05) is 54.9 Å². The van der Waals surface area contributed by atoms with Crippen molar-refractivity contribution < 1.29 is 9.05 Å². The Hall–Kier alpha value is -2.29. The Morgan fingerprint density at radius 2 is 1.96 bits per heavy atom. The van der Waals surface area contributed by atoms with Gasteiger partial charge in [0, 0.05) is 27.9 Å². The van der Waals surface area contributed by atoms with E-state index in [4.69, 9.17) is 9.05 Å². The average Bonchev–Trinajstić information content (AvgIpc) is 3.44. The number of benzene rings is 1. The van der Waals surface area contributed by atoms with Crippen molar-refractivity contribution >= 4 is 27.3 Å². The minimum absolute atomic E-state index is 0.616. The number of thiophene rings is 1. The standard InChI is InChI=1S/C20H19BrN4O2S/c1-25(12-19-22-20(24-27-19)18-10-15(21)13-28-18)9-5-8-16-11-17(23-26-16)14-6-3-2-4-7-14/h2-4,6-7,10-11,13H,5,8-9,12H2,1H3. The van der Waals surface area contributed by atoms with Gasteiger partial charge in [-0.2, -0.15) is 4.98 Å². The van der Waals surface area contributed by atoms with Crippen LogP contribution in [0.4, 0.5) is 0 Å². The summed E-state index contributed by atoms with van der Waals surface area (Å²) in [4.78, 5) is 7.63. The molecule has 3 heterocycles. The van der Waals surface area contributed by atoms with Crippen molar-refractivity contribution in [1.82, 2.24) is 20.2 Å². The van der Waals surface area contributed by atoms with E-state index in [1.54, 1.807) is 11.3 Å². The molecule has 0 N–H and O–H groups in total. The molecule has 0 amide bonds. The Kier molecular flexibility index (Phi) is 5.99. The molecule has 3 aromatic heterocycles. The minimum Gasteiger partial charge on any atom is -0.361 e. The van der Waals surface area contributed by atoms with E-state index in [0.717, 1.165) is 45.8 Å². The topological polar surface area (TPSA) is 68.2 Å². The fourth-order valence-corrected chi connectivity index (χ4v) is 4.21. The van der Waals surface area contributed by atoms with Crippen molar-refractivity contribution in [3.05, 3.63) is 64.0 Å². The van der Waals surface area contributed by atoms with Gasteiger partial charge in [-0.15, -0.1) is 11.3 Å². The van der Waals surface area contributed by atoms with Gasteiger partial charge in [0.25, 0.3) is 0 Å². The lowest BCUT2D eigenvalue weighted by Crippen LogP contribution is -2.19. The molecule has 0 radical (unpaired) electrons. The van der Waals surface area contributed by atoms with Crippen LogP contribution in [0.3, 0.4) is 0 Å². The van der Waals surface area contributed by atoms with Crippen LogP contribution in [0.25, 0.3) is 22.0 Å². The molecule has 1 aromatic carbocycles. The Morgan fingerprint density at radius 1 is 1.11 bits per heavy atom. The van der Waals surface area contributed by atoms with Gasteiger partial charge >= 0.3 is 0 Å². The van der Waals surface area contributed by atoms with Gasteiger partial charge in [0.05, 0.1) is 11.4 Å². The zero-order valence-corrected chi connectivity index (χ0v) is 17.7. The summed E-state index contributed by atoms with van der Waals surface area (Å²) in [5.41, 5.74) is 1.95. The Balaban J connectivity index is 1.26. The van der Waals surface area contributed by atoms with Gasteiger partial charge in [-0.3, -0.25) is 4.90 Å². The third-order valence-corrected chi connectivity index (χ3v) is 5.94. The van der Waals surface area contributed by atoms with Crippen molar-refractivity contribution in [1.29, 1.82) is 0 Å². The van der Waals surface area contributed by atoms with Crippen LogP contribution in [0.1, 0.15) is 18.1 Å². The summed E-state index contributed by atoms with van der Waals surface area (Å²) in [7, 11) is 2.04. The zero-order valence-electron chi connectivity index (χ0n) is 15.3. The van der Waals surface area contributed by atoms with Gasteiger partial charge in [-0.1, -0.05) is 40.6 Å². The minimum atomic E-state index is 0.616. The van der Waals surface area contributed by atoms with Crippen LogP contribution >= 0.6 is 27.3 Å². The summed E-state index contributed by atoms with van der Waals surface area (Å²) in [6.45, 7) is 1.51. The lowest BCUT2D eigenvalue weighted by Gasteiger charge is -2.12. The van der Waals surface area contributed by atoms with Gasteiger partial charge in [0.15, 0.2) is 0 Å². The molecule has 6 nitrogen and oxygen atoms in total. The predicted octanol–water partition coefficient (Wildman–Crippen LogP) is 5.28. The number of halogens is 1. The van der Waals surface area contributed by atoms with Gasteiger partial charge < -0.3 is 9.05 Å². The third kappa shape index (κ3) is 4.76. The lowest BCUT2D eigenvalue weighted by atomic mass is 10.1. The Labute approximate surface area is 175 Å². The molecule has 0 spiro atoms. The first-order valence-corrected chi connectivity index (χ1v) is 10.6. The summed E-state index contributed by atoms with van der Waals surface area (Å²) in [5.74, 6) is 2.15. The van der Waals surface area contributed by atoms with Crippen LogP contribution in [0, 0.1) is 0 Å². The highest BCUT2D eigenvalue weighted by Crippen LogP contribution is 2.27. The first kappa shape index (κ1) is 19.0. The molecule has 0 aliphatic heterocycles. The first-order valence-electron chi connectivity index (χ1n) is 8.94. The maximum absolute atomic E-state index is 5.46. The summed E-state index contributed by atoms with van der Waals surface area (Å²) < 4.78 is 11.9. The quantitative estimate of drug-likeness (QED) is 0.357. The molecule has 0 atom stereocenters. The zero-order chi connectivity index (χ0) is 19.3. The van der Waals surface area contributed by atoms with Gasteiger partial charge in [-0.05, 0) is 42.0 Å². The molecule has 0 aliphatic carbocycles. The second-order valence-electron chi connectivity index (χ2n) is 6.53. The van der Waals surface area contributed by atoms with Crippen LogP contribution in [-0.4, -0.2) is 33.8 Å². The van der Waals surface area contributed by atoms with Gasteiger partial charge in [0.2, 0.25) is 11.7 Å². The average molecular weight is 459 g/mol. The van der Waals surface area contributed by atoms with Gasteiger partial charge in [-0.25, -0.2) is 0 Å². The molecule has 144 valence electrons. The summed E-state index contributed by atoms with van der Waals surface area (Å²) in [5, 5.41) is 10.2. The molecule has 4 aromatic rings. The van der Waals surface area contributed by atoms with E-state index in [0.29, 0.717) is 18.3 Å².